The molecule has 0 aliphatic heterocycles. The second-order valence-corrected chi connectivity index (χ2v) is 10.5. The Bertz CT molecular complexity index is 1180. The van der Waals surface area contributed by atoms with Crippen molar-refractivity contribution in [2.45, 2.75) is 18.4 Å². The van der Waals surface area contributed by atoms with Gasteiger partial charge in [0.1, 0.15) is 12.3 Å². The van der Waals surface area contributed by atoms with E-state index in [-0.39, 0.29) is 17.3 Å². The van der Waals surface area contributed by atoms with Gasteiger partial charge in [0.15, 0.2) is 0 Å². The summed E-state index contributed by atoms with van der Waals surface area (Å²) in [7, 11) is -2.36. The van der Waals surface area contributed by atoms with E-state index in [4.69, 9.17) is 16.3 Å². The summed E-state index contributed by atoms with van der Waals surface area (Å²) in [6.45, 7) is 2.34. The lowest BCUT2D eigenvalue weighted by molar-refractivity contribution is -0.128. The van der Waals surface area contributed by atoms with E-state index in [1.165, 1.54) is 17.0 Å². The largest absolute Gasteiger partial charge is 0.494 e. The van der Waals surface area contributed by atoms with E-state index in [1.54, 1.807) is 55.6 Å². The molecule has 33 heavy (non-hydrogen) atoms. The minimum absolute atomic E-state index is 0.0905. The van der Waals surface area contributed by atoms with Crippen LogP contribution in [0.5, 0.6) is 5.75 Å². The molecule has 0 bridgehead atoms. The van der Waals surface area contributed by atoms with Crippen LogP contribution in [-0.2, 0) is 21.4 Å². The molecule has 0 fully saturated rings. The van der Waals surface area contributed by atoms with Crippen molar-refractivity contribution in [2.24, 2.45) is 0 Å². The second kappa shape index (κ2) is 11.0. The van der Waals surface area contributed by atoms with Gasteiger partial charge in [-0.05, 0) is 73.2 Å². The maximum absolute atomic E-state index is 13.5. The summed E-state index contributed by atoms with van der Waals surface area (Å²) in [5.41, 5.74) is 1.26. The van der Waals surface area contributed by atoms with E-state index in [0.29, 0.717) is 29.6 Å². The number of hydrogen-bond acceptors (Lipinski definition) is 4. The van der Waals surface area contributed by atoms with Crippen molar-refractivity contribution in [1.82, 2.24) is 4.90 Å². The van der Waals surface area contributed by atoms with Gasteiger partial charge in [-0.25, -0.2) is 8.42 Å². The Labute approximate surface area is 207 Å². The highest BCUT2D eigenvalue weighted by molar-refractivity contribution is 9.10. The molecule has 0 aliphatic rings. The Morgan fingerprint density at radius 2 is 1.58 bits per heavy atom. The van der Waals surface area contributed by atoms with Gasteiger partial charge in [0.2, 0.25) is 5.91 Å². The fourth-order valence-corrected chi connectivity index (χ4v) is 4.92. The van der Waals surface area contributed by atoms with Crippen molar-refractivity contribution in [3.8, 4) is 5.75 Å². The molecule has 9 heteroatoms. The van der Waals surface area contributed by atoms with Gasteiger partial charge in [0.25, 0.3) is 10.0 Å². The molecule has 0 aliphatic carbocycles. The SMILES string of the molecule is CCOc1ccc(N(CC(=O)N(C)Cc2ccc(Cl)cc2)S(=O)(=O)c2ccc(Br)cc2)cc1. The number of hydrogen-bond donors (Lipinski definition) is 0. The van der Waals surface area contributed by atoms with Gasteiger partial charge in [0, 0.05) is 23.1 Å². The topological polar surface area (TPSA) is 66.9 Å². The van der Waals surface area contributed by atoms with Gasteiger partial charge in [-0.2, -0.15) is 0 Å². The maximum atomic E-state index is 13.5. The number of sulfonamides is 1. The normalized spacial score (nSPS) is 11.2. The molecule has 0 radical (unpaired) electrons. The fraction of sp³-hybridized carbons (Fsp3) is 0.208. The maximum Gasteiger partial charge on any atom is 0.264 e. The van der Waals surface area contributed by atoms with Crippen LogP contribution < -0.4 is 9.04 Å². The Hall–Kier alpha value is -2.55. The van der Waals surface area contributed by atoms with E-state index in [1.807, 2.05) is 19.1 Å². The Morgan fingerprint density at radius 3 is 2.15 bits per heavy atom. The van der Waals surface area contributed by atoms with Crippen molar-refractivity contribution < 1.29 is 17.9 Å². The Morgan fingerprint density at radius 1 is 0.970 bits per heavy atom. The highest BCUT2D eigenvalue weighted by atomic mass is 79.9. The molecule has 3 aromatic rings. The van der Waals surface area contributed by atoms with Crippen molar-refractivity contribution in [1.29, 1.82) is 0 Å². The summed E-state index contributed by atoms with van der Waals surface area (Å²) < 4.78 is 34.3. The lowest BCUT2D eigenvalue weighted by Gasteiger charge is -2.27. The number of rotatable bonds is 9. The summed E-state index contributed by atoms with van der Waals surface area (Å²) in [5.74, 6) is 0.271. The van der Waals surface area contributed by atoms with Crippen LogP contribution in [0.4, 0.5) is 5.69 Å². The molecule has 0 atom stereocenters. The lowest BCUT2D eigenvalue weighted by atomic mass is 10.2. The number of anilines is 1. The van der Waals surface area contributed by atoms with Crippen LogP contribution in [0.1, 0.15) is 12.5 Å². The zero-order valence-corrected chi connectivity index (χ0v) is 21.4. The fourth-order valence-electron chi connectivity index (χ4n) is 3.12. The van der Waals surface area contributed by atoms with Crippen LogP contribution in [0.15, 0.2) is 82.2 Å². The minimum atomic E-state index is -4.00. The van der Waals surface area contributed by atoms with Gasteiger partial charge < -0.3 is 9.64 Å². The third-order valence-electron chi connectivity index (χ3n) is 4.87. The molecule has 3 aromatic carbocycles. The third-order valence-corrected chi connectivity index (χ3v) is 7.44. The van der Waals surface area contributed by atoms with Crippen molar-refractivity contribution in [2.75, 3.05) is 24.5 Å². The molecule has 0 aromatic heterocycles. The first-order valence-corrected chi connectivity index (χ1v) is 12.8. The van der Waals surface area contributed by atoms with Crippen molar-refractivity contribution in [3.63, 3.8) is 0 Å². The van der Waals surface area contributed by atoms with E-state index in [0.717, 1.165) is 14.3 Å². The smallest absolute Gasteiger partial charge is 0.264 e. The summed E-state index contributed by atoms with van der Waals surface area (Å²) in [5, 5.41) is 0.606. The van der Waals surface area contributed by atoms with Gasteiger partial charge in [-0.1, -0.05) is 39.7 Å². The highest BCUT2D eigenvalue weighted by Crippen LogP contribution is 2.27. The van der Waals surface area contributed by atoms with Gasteiger partial charge in [-0.15, -0.1) is 0 Å². The number of nitrogens with zero attached hydrogens (tertiary/aromatic N) is 2. The number of halogens is 2. The molecule has 1 amide bonds. The standard InChI is InChI=1S/C24H24BrClN2O4S/c1-3-32-22-12-10-21(11-13-22)28(33(30,31)23-14-6-19(25)7-15-23)17-24(29)27(2)16-18-4-8-20(26)9-5-18/h4-15H,3,16-17H2,1-2H3. The molecule has 0 spiro atoms. The van der Waals surface area contributed by atoms with Crippen molar-refractivity contribution in [3.05, 3.63) is 87.9 Å². The quantitative estimate of drug-likeness (QED) is 0.359. The van der Waals surface area contributed by atoms with Gasteiger partial charge in [-0.3, -0.25) is 9.10 Å². The first kappa shape index (κ1) is 25.1. The number of ether oxygens (including phenoxy) is 1. The van der Waals surface area contributed by atoms with Crippen LogP contribution in [0.2, 0.25) is 5.02 Å². The number of carbonyl (C=O) groups excluding carboxylic acids is 1. The summed E-state index contributed by atoms with van der Waals surface area (Å²) in [6.07, 6.45) is 0. The summed E-state index contributed by atoms with van der Waals surface area (Å²) in [4.78, 5) is 14.6. The molecule has 3 rings (SSSR count). The van der Waals surface area contributed by atoms with Crippen LogP contribution in [0, 0.1) is 0 Å². The Kier molecular flexibility index (Phi) is 8.40. The van der Waals surface area contributed by atoms with E-state index in [2.05, 4.69) is 15.9 Å². The van der Waals surface area contributed by atoms with Crippen molar-refractivity contribution >= 4 is 49.1 Å². The van der Waals surface area contributed by atoms with E-state index in [9.17, 15) is 13.2 Å². The second-order valence-electron chi connectivity index (χ2n) is 7.27. The summed E-state index contributed by atoms with van der Waals surface area (Å²) in [6, 6.07) is 20.1. The molecular weight excluding hydrogens is 528 g/mol. The molecule has 174 valence electrons. The van der Waals surface area contributed by atoms with Crippen LogP contribution in [-0.4, -0.2) is 39.4 Å². The zero-order chi connectivity index (χ0) is 24.0. The van der Waals surface area contributed by atoms with E-state index >= 15 is 0 Å². The first-order valence-electron chi connectivity index (χ1n) is 10.2. The molecular formula is C24H24BrClN2O4S. The predicted molar refractivity (Wildman–Crippen MR) is 134 cm³/mol. The molecule has 6 nitrogen and oxygen atoms in total. The number of likely N-dealkylation sites (N-methyl/N-ethyl adjacent to an activating group) is 1. The first-order chi connectivity index (χ1) is 15.7. The van der Waals surface area contributed by atoms with E-state index < -0.39 is 10.0 Å². The highest BCUT2D eigenvalue weighted by Gasteiger charge is 2.28. The zero-order valence-electron chi connectivity index (χ0n) is 18.2. The average molecular weight is 552 g/mol. The monoisotopic (exact) mass is 550 g/mol. The summed E-state index contributed by atoms with van der Waals surface area (Å²) >= 11 is 9.25. The average Bonchev–Trinajstić information content (AvgIpc) is 2.80. The lowest BCUT2D eigenvalue weighted by Crippen LogP contribution is -2.41. The third kappa shape index (κ3) is 6.50. The molecule has 0 heterocycles. The van der Waals surface area contributed by atoms with Gasteiger partial charge in [0.05, 0.1) is 17.2 Å². The number of amides is 1. The van der Waals surface area contributed by atoms with Gasteiger partial charge >= 0.3 is 0 Å². The number of benzene rings is 3. The van der Waals surface area contributed by atoms with Crippen LogP contribution in [0.3, 0.4) is 0 Å². The molecule has 0 N–H and O–H groups in total. The van der Waals surface area contributed by atoms with Crippen LogP contribution in [0.25, 0.3) is 0 Å². The Balaban J connectivity index is 1.89. The minimum Gasteiger partial charge on any atom is -0.494 e. The molecule has 0 unspecified atom stereocenters. The van der Waals surface area contributed by atoms with Crippen LogP contribution >= 0.6 is 27.5 Å². The predicted octanol–water partition coefficient (Wildman–Crippen LogP) is 5.36. The molecule has 0 saturated carbocycles. The number of carbonyl (C=O) groups is 1. The molecule has 0 saturated heterocycles.